The van der Waals surface area contributed by atoms with Crippen molar-refractivity contribution in [2.45, 2.75) is 38.1 Å². The van der Waals surface area contributed by atoms with Crippen molar-refractivity contribution in [3.05, 3.63) is 34.9 Å². The second-order valence-electron chi connectivity index (χ2n) is 6.29. The summed E-state index contributed by atoms with van der Waals surface area (Å²) >= 11 is 0. The van der Waals surface area contributed by atoms with E-state index in [0.717, 1.165) is 18.7 Å². The second-order valence-corrected chi connectivity index (χ2v) is 8.09. The molecule has 0 aromatic heterocycles. The number of methoxy groups -OCH3 is 1. The highest BCUT2D eigenvalue weighted by atomic mass is 32.2. The van der Waals surface area contributed by atoms with E-state index in [0.29, 0.717) is 32.6 Å². The lowest BCUT2D eigenvalue weighted by Crippen LogP contribution is -2.47. The van der Waals surface area contributed by atoms with E-state index in [4.69, 9.17) is 9.47 Å². The van der Waals surface area contributed by atoms with Crippen LogP contribution in [0.3, 0.4) is 0 Å². The molecule has 1 saturated heterocycles. The first kappa shape index (κ1) is 16.9. The second kappa shape index (κ2) is 6.86. The predicted molar refractivity (Wildman–Crippen MR) is 87.4 cm³/mol. The molecule has 0 atom stereocenters. The summed E-state index contributed by atoms with van der Waals surface area (Å²) in [5.41, 5.74) is 2.89. The van der Waals surface area contributed by atoms with Crippen molar-refractivity contribution in [3.63, 3.8) is 0 Å². The van der Waals surface area contributed by atoms with Crippen LogP contribution in [0.2, 0.25) is 0 Å². The number of benzene rings is 1. The van der Waals surface area contributed by atoms with E-state index >= 15 is 0 Å². The Morgan fingerprint density at radius 2 is 2.00 bits per heavy atom. The molecule has 1 fully saturated rings. The van der Waals surface area contributed by atoms with E-state index in [1.807, 2.05) is 6.07 Å². The van der Waals surface area contributed by atoms with E-state index in [2.05, 4.69) is 22.2 Å². The van der Waals surface area contributed by atoms with E-state index in [1.165, 1.54) is 11.1 Å². The molecule has 0 unspecified atom stereocenters. The lowest BCUT2D eigenvalue weighted by atomic mass is 9.97. The Morgan fingerprint density at radius 3 is 2.74 bits per heavy atom. The van der Waals surface area contributed by atoms with E-state index in [9.17, 15) is 8.42 Å². The van der Waals surface area contributed by atoms with Crippen LogP contribution in [0.5, 0.6) is 0 Å². The highest BCUT2D eigenvalue weighted by Crippen LogP contribution is 2.26. The first-order valence-electron chi connectivity index (χ1n) is 7.94. The van der Waals surface area contributed by atoms with Crippen LogP contribution < -0.4 is 10.0 Å². The third-order valence-electron chi connectivity index (χ3n) is 4.69. The van der Waals surface area contributed by atoms with Gasteiger partial charge in [0.15, 0.2) is 0 Å². The molecular formula is C16H24N2O4S. The van der Waals surface area contributed by atoms with Crippen LogP contribution in [-0.2, 0) is 39.1 Å². The van der Waals surface area contributed by atoms with Gasteiger partial charge < -0.3 is 14.8 Å². The minimum Gasteiger partial charge on any atom is -0.381 e. The molecule has 6 nitrogen and oxygen atoms in total. The number of hydrogen-bond donors (Lipinski definition) is 2. The van der Waals surface area contributed by atoms with Crippen LogP contribution in [0.1, 0.15) is 29.5 Å². The number of rotatable bonds is 6. The van der Waals surface area contributed by atoms with Crippen LogP contribution in [0.15, 0.2) is 18.2 Å². The van der Waals surface area contributed by atoms with Gasteiger partial charge in [-0.15, -0.1) is 0 Å². The largest absolute Gasteiger partial charge is 0.381 e. The average molecular weight is 340 g/mol. The van der Waals surface area contributed by atoms with E-state index in [1.54, 1.807) is 7.11 Å². The number of sulfonamides is 1. The number of fused-ring (bicyclic) bond motifs is 1. The summed E-state index contributed by atoms with van der Waals surface area (Å²) in [6.45, 7) is 3.14. The molecule has 128 valence electrons. The fourth-order valence-corrected chi connectivity index (χ4v) is 4.79. The smallest absolute Gasteiger partial charge is 0.214 e. The number of nitrogens with one attached hydrogen (secondary N) is 2. The van der Waals surface area contributed by atoms with Crippen molar-refractivity contribution >= 4 is 10.0 Å². The first-order valence-corrected chi connectivity index (χ1v) is 9.59. The molecule has 2 aliphatic rings. The Bertz CT molecular complexity index is 654. The van der Waals surface area contributed by atoms with Gasteiger partial charge in [0.25, 0.3) is 0 Å². The molecule has 0 saturated carbocycles. The molecule has 0 radical (unpaired) electrons. The van der Waals surface area contributed by atoms with Gasteiger partial charge in [-0.05, 0) is 16.7 Å². The Balaban J connectivity index is 1.62. The summed E-state index contributed by atoms with van der Waals surface area (Å²) in [4.78, 5) is 0. The minimum absolute atomic E-state index is 0.0215. The molecule has 1 aromatic carbocycles. The highest BCUT2D eigenvalue weighted by Gasteiger charge is 2.37. The summed E-state index contributed by atoms with van der Waals surface area (Å²) in [6.07, 6.45) is 1.21. The Morgan fingerprint density at radius 1 is 1.26 bits per heavy atom. The predicted octanol–water partition coefficient (Wildman–Crippen LogP) is 0.905. The maximum Gasteiger partial charge on any atom is 0.214 e. The highest BCUT2D eigenvalue weighted by molar-refractivity contribution is 7.89. The molecule has 7 heteroatoms. The average Bonchev–Trinajstić information content (AvgIpc) is 3.01. The molecule has 0 aliphatic carbocycles. The number of hydrogen-bond acceptors (Lipinski definition) is 5. The molecule has 2 aliphatic heterocycles. The van der Waals surface area contributed by atoms with E-state index < -0.39 is 15.6 Å². The molecule has 23 heavy (non-hydrogen) atoms. The van der Waals surface area contributed by atoms with Gasteiger partial charge in [-0.25, -0.2) is 13.1 Å². The molecule has 3 rings (SSSR count). The van der Waals surface area contributed by atoms with Crippen LogP contribution in [0, 0.1) is 0 Å². The lowest BCUT2D eigenvalue weighted by molar-refractivity contribution is -0.0751. The maximum absolute atomic E-state index is 12.4. The third kappa shape index (κ3) is 4.10. The topological polar surface area (TPSA) is 76.7 Å². The van der Waals surface area contributed by atoms with Gasteiger partial charge in [-0.2, -0.15) is 0 Å². The zero-order chi connectivity index (χ0) is 16.3. The zero-order valence-electron chi connectivity index (χ0n) is 13.4. The summed E-state index contributed by atoms with van der Waals surface area (Å²) in [6, 6.07) is 6.11. The molecule has 0 bridgehead atoms. The van der Waals surface area contributed by atoms with Crippen LogP contribution in [-0.4, -0.2) is 40.1 Å². The van der Waals surface area contributed by atoms with Gasteiger partial charge in [0.1, 0.15) is 0 Å². The summed E-state index contributed by atoms with van der Waals surface area (Å²) in [7, 11) is -1.83. The Labute approximate surface area is 137 Å². The van der Waals surface area contributed by atoms with Crippen molar-refractivity contribution in [1.82, 2.24) is 10.0 Å². The SMILES string of the molecule is COC1(CS(=O)(=O)NCc2ccc3c(c2)CNC3)CCOCC1. The summed E-state index contributed by atoms with van der Waals surface area (Å²) in [5, 5.41) is 3.29. The standard InChI is InChI=1S/C16H24N2O4S/c1-21-16(4-6-22-7-5-16)12-23(19,20)18-9-13-2-3-14-10-17-11-15(14)8-13/h2-3,8,17-18H,4-7,9-12H2,1H3. The van der Waals surface area contributed by atoms with Crippen molar-refractivity contribution in [1.29, 1.82) is 0 Å². The van der Waals surface area contributed by atoms with Gasteiger partial charge in [0, 0.05) is 52.8 Å². The first-order chi connectivity index (χ1) is 11.0. The molecule has 2 heterocycles. The molecule has 0 amide bonds. The lowest BCUT2D eigenvalue weighted by Gasteiger charge is -2.35. The molecule has 2 N–H and O–H groups in total. The van der Waals surface area contributed by atoms with Crippen molar-refractivity contribution in [2.75, 3.05) is 26.1 Å². The minimum atomic E-state index is -3.41. The monoisotopic (exact) mass is 340 g/mol. The summed E-state index contributed by atoms with van der Waals surface area (Å²) in [5.74, 6) is -0.0215. The van der Waals surface area contributed by atoms with Gasteiger partial charge in [0.2, 0.25) is 10.0 Å². The van der Waals surface area contributed by atoms with Crippen LogP contribution in [0.25, 0.3) is 0 Å². The fourth-order valence-electron chi connectivity index (χ4n) is 3.20. The van der Waals surface area contributed by atoms with Crippen molar-refractivity contribution in [3.8, 4) is 0 Å². The van der Waals surface area contributed by atoms with Crippen LogP contribution in [0.4, 0.5) is 0 Å². The van der Waals surface area contributed by atoms with E-state index in [-0.39, 0.29) is 5.75 Å². The summed E-state index contributed by atoms with van der Waals surface area (Å²) < 4.78 is 38.4. The maximum atomic E-state index is 12.4. The third-order valence-corrected chi connectivity index (χ3v) is 6.18. The molecule has 0 spiro atoms. The molecule has 1 aromatic rings. The molecular weight excluding hydrogens is 316 g/mol. The number of ether oxygens (including phenoxy) is 2. The fraction of sp³-hybridized carbons (Fsp3) is 0.625. The zero-order valence-corrected chi connectivity index (χ0v) is 14.2. The van der Waals surface area contributed by atoms with Crippen molar-refractivity contribution in [2.24, 2.45) is 0 Å². The van der Waals surface area contributed by atoms with Gasteiger partial charge >= 0.3 is 0 Å². The Hall–Kier alpha value is -0.990. The van der Waals surface area contributed by atoms with Gasteiger partial charge in [-0.3, -0.25) is 0 Å². The van der Waals surface area contributed by atoms with Crippen LogP contribution >= 0.6 is 0 Å². The normalized spacial score (nSPS) is 20.4. The van der Waals surface area contributed by atoms with Gasteiger partial charge in [-0.1, -0.05) is 18.2 Å². The van der Waals surface area contributed by atoms with Gasteiger partial charge in [0.05, 0.1) is 11.4 Å². The Kier molecular flexibility index (Phi) is 5.03. The van der Waals surface area contributed by atoms with Crippen molar-refractivity contribution < 1.29 is 17.9 Å². The quantitative estimate of drug-likeness (QED) is 0.805.